The van der Waals surface area contributed by atoms with Crippen LogP contribution < -0.4 is 10.5 Å². The predicted octanol–water partition coefficient (Wildman–Crippen LogP) is 1.82. The Hall–Kier alpha value is -1.13. The predicted molar refractivity (Wildman–Crippen MR) is 68.2 cm³/mol. The van der Waals surface area contributed by atoms with Gasteiger partial charge in [0.25, 0.3) is 0 Å². The molecular weight excluding hydrogens is 216 g/mol. The number of methoxy groups -OCH3 is 2. The standard InChI is InChI=1S/C13H22N2O2/c1-9-12(17-5)11(6-13(2,3)14)10(7-15-9)8-16-4/h7H,6,8,14H2,1-5H3. The van der Waals surface area contributed by atoms with Crippen LogP contribution in [0.2, 0.25) is 0 Å². The van der Waals surface area contributed by atoms with Crippen molar-refractivity contribution in [1.82, 2.24) is 4.98 Å². The molecule has 0 aliphatic rings. The smallest absolute Gasteiger partial charge is 0.143 e. The summed E-state index contributed by atoms with van der Waals surface area (Å²) in [5, 5.41) is 0. The van der Waals surface area contributed by atoms with Gasteiger partial charge in [0, 0.05) is 30.0 Å². The van der Waals surface area contributed by atoms with E-state index in [9.17, 15) is 0 Å². The second kappa shape index (κ2) is 5.47. The number of aromatic nitrogens is 1. The van der Waals surface area contributed by atoms with Crippen molar-refractivity contribution in [2.24, 2.45) is 5.73 Å². The molecule has 1 heterocycles. The van der Waals surface area contributed by atoms with Gasteiger partial charge in [0.05, 0.1) is 19.4 Å². The third-order valence-corrected chi connectivity index (χ3v) is 2.54. The summed E-state index contributed by atoms with van der Waals surface area (Å²) in [6.07, 6.45) is 2.57. The fraction of sp³-hybridized carbons (Fsp3) is 0.615. The van der Waals surface area contributed by atoms with Crippen molar-refractivity contribution < 1.29 is 9.47 Å². The van der Waals surface area contributed by atoms with Crippen molar-refractivity contribution in [1.29, 1.82) is 0 Å². The normalized spacial score (nSPS) is 11.6. The van der Waals surface area contributed by atoms with E-state index < -0.39 is 0 Å². The molecule has 0 spiro atoms. The molecule has 0 saturated carbocycles. The number of hydrogen-bond acceptors (Lipinski definition) is 4. The highest BCUT2D eigenvalue weighted by Crippen LogP contribution is 2.28. The Morgan fingerprint density at radius 2 is 2.00 bits per heavy atom. The number of pyridine rings is 1. The van der Waals surface area contributed by atoms with E-state index in [1.54, 1.807) is 14.2 Å². The molecule has 1 aromatic rings. The van der Waals surface area contributed by atoms with Crippen LogP contribution in [0.15, 0.2) is 6.20 Å². The van der Waals surface area contributed by atoms with E-state index in [2.05, 4.69) is 4.98 Å². The Labute approximate surface area is 103 Å². The summed E-state index contributed by atoms with van der Waals surface area (Å²) in [6.45, 7) is 6.45. The Balaban J connectivity index is 3.23. The third kappa shape index (κ3) is 3.68. The summed E-state index contributed by atoms with van der Waals surface area (Å²) in [5.41, 5.74) is 8.81. The van der Waals surface area contributed by atoms with Gasteiger partial charge >= 0.3 is 0 Å². The molecular formula is C13H22N2O2. The van der Waals surface area contributed by atoms with Crippen LogP contribution in [-0.4, -0.2) is 24.7 Å². The Morgan fingerprint density at radius 1 is 1.35 bits per heavy atom. The van der Waals surface area contributed by atoms with E-state index >= 15 is 0 Å². The lowest BCUT2D eigenvalue weighted by Crippen LogP contribution is -2.35. The second-order valence-electron chi connectivity index (χ2n) is 4.98. The highest BCUT2D eigenvalue weighted by Gasteiger charge is 2.20. The van der Waals surface area contributed by atoms with Gasteiger partial charge in [0.15, 0.2) is 0 Å². The second-order valence-corrected chi connectivity index (χ2v) is 4.98. The maximum Gasteiger partial charge on any atom is 0.143 e. The molecule has 0 unspecified atom stereocenters. The van der Waals surface area contributed by atoms with Crippen LogP contribution in [0, 0.1) is 6.92 Å². The van der Waals surface area contributed by atoms with Crippen LogP contribution in [0.25, 0.3) is 0 Å². The summed E-state index contributed by atoms with van der Waals surface area (Å²) >= 11 is 0. The monoisotopic (exact) mass is 238 g/mol. The Kier molecular flexibility index (Phi) is 4.48. The third-order valence-electron chi connectivity index (χ3n) is 2.54. The lowest BCUT2D eigenvalue weighted by molar-refractivity contribution is 0.183. The van der Waals surface area contributed by atoms with Gasteiger partial charge in [0.1, 0.15) is 5.75 Å². The number of hydrogen-bond donors (Lipinski definition) is 1. The number of nitrogens with two attached hydrogens (primary N) is 1. The highest BCUT2D eigenvalue weighted by molar-refractivity contribution is 5.42. The molecule has 17 heavy (non-hydrogen) atoms. The molecule has 0 radical (unpaired) electrons. The first kappa shape index (κ1) is 13.9. The average Bonchev–Trinajstić information content (AvgIpc) is 2.21. The molecule has 0 aliphatic carbocycles. The van der Waals surface area contributed by atoms with Gasteiger partial charge in [-0.15, -0.1) is 0 Å². The van der Waals surface area contributed by atoms with Gasteiger partial charge < -0.3 is 15.2 Å². The van der Waals surface area contributed by atoms with Crippen LogP contribution >= 0.6 is 0 Å². The SMILES string of the molecule is COCc1cnc(C)c(OC)c1CC(C)(C)N. The van der Waals surface area contributed by atoms with E-state index in [4.69, 9.17) is 15.2 Å². The van der Waals surface area contributed by atoms with Crippen LogP contribution in [0.1, 0.15) is 30.7 Å². The minimum Gasteiger partial charge on any atom is -0.495 e. The van der Waals surface area contributed by atoms with Crippen molar-refractivity contribution in [2.75, 3.05) is 14.2 Å². The largest absolute Gasteiger partial charge is 0.495 e. The van der Waals surface area contributed by atoms with Gasteiger partial charge in [-0.25, -0.2) is 0 Å². The van der Waals surface area contributed by atoms with Crippen LogP contribution in [0.3, 0.4) is 0 Å². The maximum absolute atomic E-state index is 6.09. The van der Waals surface area contributed by atoms with Gasteiger partial charge in [-0.2, -0.15) is 0 Å². The molecule has 96 valence electrons. The van der Waals surface area contributed by atoms with Gasteiger partial charge in [-0.3, -0.25) is 4.98 Å². The molecule has 4 heteroatoms. The van der Waals surface area contributed by atoms with Crippen molar-refractivity contribution in [3.63, 3.8) is 0 Å². The van der Waals surface area contributed by atoms with E-state index in [1.807, 2.05) is 27.0 Å². The minimum absolute atomic E-state index is 0.288. The molecule has 0 atom stereocenters. The zero-order valence-electron chi connectivity index (χ0n) is 11.3. The fourth-order valence-corrected chi connectivity index (χ4v) is 1.88. The first-order chi connectivity index (χ1) is 7.89. The van der Waals surface area contributed by atoms with E-state index in [0.717, 1.165) is 29.0 Å². The summed E-state index contributed by atoms with van der Waals surface area (Å²) in [4.78, 5) is 4.31. The van der Waals surface area contributed by atoms with Gasteiger partial charge in [-0.1, -0.05) is 0 Å². The van der Waals surface area contributed by atoms with Crippen LogP contribution in [0.4, 0.5) is 0 Å². The molecule has 4 nitrogen and oxygen atoms in total. The first-order valence-electron chi connectivity index (χ1n) is 5.68. The van der Waals surface area contributed by atoms with Crippen molar-refractivity contribution in [3.8, 4) is 5.75 Å². The molecule has 1 rings (SSSR count). The molecule has 0 saturated heterocycles. The Morgan fingerprint density at radius 3 is 2.47 bits per heavy atom. The highest BCUT2D eigenvalue weighted by atomic mass is 16.5. The molecule has 1 aromatic heterocycles. The van der Waals surface area contributed by atoms with Crippen molar-refractivity contribution in [3.05, 3.63) is 23.0 Å². The molecule has 0 amide bonds. The van der Waals surface area contributed by atoms with E-state index in [0.29, 0.717) is 6.61 Å². The zero-order valence-corrected chi connectivity index (χ0v) is 11.3. The number of aryl methyl sites for hydroxylation is 1. The summed E-state index contributed by atoms with van der Waals surface area (Å²) < 4.78 is 10.6. The topological polar surface area (TPSA) is 57.4 Å². The van der Waals surface area contributed by atoms with Crippen LogP contribution in [0.5, 0.6) is 5.75 Å². The van der Waals surface area contributed by atoms with Crippen molar-refractivity contribution >= 4 is 0 Å². The van der Waals surface area contributed by atoms with Gasteiger partial charge in [0.2, 0.25) is 0 Å². The number of ether oxygens (including phenoxy) is 2. The summed E-state index contributed by atoms with van der Waals surface area (Å²) in [7, 11) is 3.33. The molecule has 0 bridgehead atoms. The molecule has 0 aromatic carbocycles. The van der Waals surface area contributed by atoms with Crippen molar-refractivity contribution in [2.45, 2.75) is 39.3 Å². The molecule has 0 fully saturated rings. The summed E-state index contributed by atoms with van der Waals surface area (Å²) in [5.74, 6) is 0.818. The lowest BCUT2D eigenvalue weighted by atomic mass is 9.92. The average molecular weight is 238 g/mol. The van der Waals surface area contributed by atoms with Crippen LogP contribution in [-0.2, 0) is 17.8 Å². The van der Waals surface area contributed by atoms with E-state index in [-0.39, 0.29) is 5.54 Å². The zero-order chi connectivity index (χ0) is 13.1. The van der Waals surface area contributed by atoms with Gasteiger partial charge in [-0.05, 0) is 27.2 Å². The number of rotatable bonds is 5. The van der Waals surface area contributed by atoms with E-state index in [1.165, 1.54) is 0 Å². The lowest BCUT2D eigenvalue weighted by Gasteiger charge is -2.23. The quantitative estimate of drug-likeness (QED) is 0.850. The fourth-order valence-electron chi connectivity index (χ4n) is 1.88. The first-order valence-corrected chi connectivity index (χ1v) is 5.68. The minimum atomic E-state index is -0.288. The number of nitrogens with zero attached hydrogens (tertiary/aromatic N) is 1. The maximum atomic E-state index is 6.09. The Bertz CT molecular complexity index is 384. The molecule has 0 aliphatic heterocycles. The summed E-state index contributed by atoms with van der Waals surface area (Å²) in [6, 6.07) is 0. The molecule has 2 N–H and O–H groups in total.